The van der Waals surface area contributed by atoms with Gasteiger partial charge in [0.05, 0.1) is 11.0 Å². The Hall–Kier alpha value is -6.64. The quantitative estimate of drug-likeness (QED) is 0.170. The lowest BCUT2D eigenvalue weighted by molar-refractivity contribution is 0.660. The van der Waals surface area contributed by atoms with E-state index in [9.17, 15) is 0 Å². The molecule has 0 atom stereocenters. The standard InChI is InChI=1S/C51H38N2/c1-51(2)47-19-11-9-17-43(47)44-31-30-42(34-48(44)51)52(39-24-21-37(22-25-39)35-13-5-3-6-14-35)40-26-28-41(29-27-40)53-49-20-12-10-18-45(49)46-33-38(23-32-50(46)53)36-15-7-4-8-16-36/h3-34H,1-2H3. The lowest BCUT2D eigenvalue weighted by atomic mass is 9.82. The van der Waals surface area contributed by atoms with Gasteiger partial charge >= 0.3 is 0 Å². The van der Waals surface area contributed by atoms with Crippen LogP contribution in [0.5, 0.6) is 0 Å². The Morgan fingerprint density at radius 3 is 1.64 bits per heavy atom. The van der Waals surface area contributed by atoms with Crippen molar-refractivity contribution in [2.75, 3.05) is 4.90 Å². The zero-order chi connectivity index (χ0) is 35.5. The molecule has 1 aliphatic rings. The van der Waals surface area contributed by atoms with Crippen LogP contribution in [0.25, 0.3) is 60.9 Å². The first-order chi connectivity index (χ1) is 26.0. The molecule has 10 rings (SSSR count). The summed E-state index contributed by atoms with van der Waals surface area (Å²) in [5.41, 5.74) is 17.1. The second kappa shape index (κ2) is 12.3. The smallest absolute Gasteiger partial charge is 0.0541 e. The van der Waals surface area contributed by atoms with Gasteiger partial charge in [0, 0.05) is 38.9 Å². The lowest BCUT2D eigenvalue weighted by Crippen LogP contribution is -2.16. The van der Waals surface area contributed by atoms with Gasteiger partial charge in [-0.05, 0) is 111 Å². The number of fused-ring (bicyclic) bond motifs is 6. The molecule has 1 aromatic heterocycles. The predicted octanol–water partition coefficient (Wildman–Crippen LogP) is 13.9. The van der Waals surface area contributed by atoms with Crippen LogP contribution in [0.1, 0.15) is 25.0 Å². The molecule has 0 radical (unpaired) electrons. The fraction of sp³-hybridized carbons (Fsp3) is 0.0588. The summed E-state index contributed by atoms with van der Waals surface area (Å²) in [6, 6.07) is 70.8. The van der Waals surface area contributed by atoms with Gasteiger partial charge in [-0.25, -0.2) is 0 Å². The van der Waals surface area contributed by atoms with E-state index >= 15 is 0 Å². The van der Waals surface area contributed by atoms with Gasteiger partial charge in [-0.1, -0.05) is 141 Å². The molecule has 2 heteroatoms. The summed E-state index contributed by atoms with van der Waals surface area (Å²) in [6.45, 7) is 4.70. The number of nitrogens with zero attached hydrogens (tertiary/aromatic N) is 2. The summed E-state index contributed by atoms with van der Waals surface area (Å²) in [5.74, 6) is 0. The van der Waals surface area contributed by atoms with Crippen molar-refractivity contribution >= 4 is 38.9 Å². The van der Waals surface area contributed by atoms with Gasteiger partial charge in [-0.2, -0.15) is 0 Å². The monoisotopic (exact) mass is 678 g/mol. The zero-order valence-electron chi connectivity index (χ0n) is 29.9. The normalized spacial score (nSPS) is 12.9. The summed E-state index contributed by atoms with van der Waals surface area (Å²) >= 11 is 0. The van der Waals surface area contributed by atoms with Crippen LogP contribution in [0.4, 0.5) is 17.1 Å². The van der Waals surface area contributed by atoms with Crippen LogP contribution in [0.3, 0.4) is 0 Å². The van der Waals surface area contributed by atoms with Crippen molar-refractivity contribution in [3.63, 3.8) is 0 Å². The van der Waals surface area contributed by atoms with E-state index < -0.39 is 0 Å². The highest BCUT2D eigenvalue weighted by Crippen LogP contribution is 2.50. The van der Waals surface area contributed by atoms with E-state index in [-0.39, 0.29) is 5.41 Å². The van der Waals surface area contributed by atoms with Crippen LogP contribution < -0.4 is 4.90 Å². The van der Waals surface area contributed by atoms with Gasteiger partial charge in [0.1, 0.15) is 0 Å². The molecule has 2 nitrogen and oxygen atoms in total. The van der Waals surface area contributed by atoms with Crippen molar-refractivity contribution in [2.24, 2.45) is 0 Å². The van der Waals surface area contributed by atoms with Crippen molar-refractivity contribution in [3.05, 3.63) is 205 Å². The Morgan fingerprint density at radius 1 is 0.377 bits per heavy atom. The highest BCUT2D eigenvalue weighted by atomic mass is 15.1. The number of anilines is 3. The van der Waals surface area contributed by atoms with Gasteiger partial charge in [0.15, 0.2) is 0 Å². The number of hydrogen-bond acceptors (Lipinski definition) is 1. The Labute approximate surface area is 310 Å². The molecule has 0 unspecified atom stereocenters. The molecule has 0 fully saturated rings. The average molecular weight is 679 g/mol. The second-order valence-electron chi connectivity index (χ2n) is 14.6. The van der Waals surface area contributed by atoms with Gasteiger partial charge in [0.2, 0.25) is 0 Å². The summed E-state index contributed by atoms with van der Waals surface area (Å²) in [7, 11) is 0. The molecule has 53 heavy (non-hydrogen) atoms. The molecule has 9 aromatic rings. The highest BCUT2D eigenvalue weighted by Gasteiger charge is 2.35. The highest BCUT2D eigenvalue weighted by molar-refractivity contribution is 6.10. The second-order valence-corrected chi connectivity index (χ2v) is 14.6. The maximum absolute atomic E-state index is 2.41. The first-order valence-corrected chi connectivity index (χ1v) is 18.4. The molecule has 0 aliphatic heterocycles. The Balaban J connectivity index is 1.10. The molecule has 0 saturated heterocycles. The van der Waals surface area contributed by atoms with E-state index in [2.05, 4.69) is 217 Å². The van der Waals surface area contributed by atoms with Crippen molar-refractivity contribution < 1.29 is 0 Å². The maximum Gasteiger partial charge on any atom is 0.0541 e. The minimum atomic E-state index is -0.0917. The molecule has 0 N–H and O–H groups in total. The van der Waals surface area contributed by atoms with Crippen LogP contribution in [-0.4, -0.2) is 4.57 Å². The van der Waals surface area contributed by atoms with Gasteiger partial charge < -0.3 is 9.47 Å². The van der Waals surface area contributed by atoms with E-state index in [0.29, 0.717) is 0 Å². The minimum Gasteiger partial charge on any atom is -0.310 e. The first-order valence-electron chi connectivity index (χ1n) is 18.4. The average Bonchev–Trinajstić information content (AvgIpc) is 3.67. The molecule has 0 saturated carbocycles. The molecular weight excluding hydrogens is 641 g/mol. The third-order valence-electron chi connectivity index (χ3n) is 11.2. The van der Waals surface area contributed by atoms with E-state index in [1.807, 2.05) is 0 Å². The molecular formula is C51H38N2. The first kappa shape index (κ1) is 31.1. The number of hydrogen-bond donors (Lipinski definition) is 0. The molecule has 8 aromatic carbocycles. The Kier molecular flexibility index (Phi) is 7.19. The number of aromatic nitrogens is 1. The molecule has 0 bridgehead atoms. The lowest BCUT2D eigenvalue weighted by Gasteiger charge is -2.28. The van der Waals surface area contributed by atoms with E-state index in [1.165, 1.54) is 66.3 Å². The molecule has 252 valence electrons. The third kappa shape index (κ3) is 5.10. The van der Waals surface area contributed by atoms with Crippen LogP contribution in [0.2, 0.25) is 0 Å². The van der Waals surface area contributed by atoms with Crippen LogP contribution >= 0.6 is 0 Å². The summed E-state index contributed by atoms with van der Waals surface area (Å²) in [6.07, 6.45) is 0. The van der Waals surface area contributed by atoms with E-state index in [0.717, 1.165) is 22.7 Å². The number of benzene rings is 8. The number of para-hydroxylation sites is 1. The fourth-order valence-corrected chi connectivity index (χ4v) is 8.52. The topological polar surface area (TPSA) is 8.17 Å². The summed E-state index contributed by atoms with van der Waals surface area (Å²) < 4.78 is 2.40. The van der Waals surface area contributed by atoms with Gasteiger partial charge in [-0.15, -0.1) is 0 Å². The predicted molar refractivity (Wildman–Crippen MR) is 224 cm³/mol. The Morgan fingerprint density at radius 2 is 0.906 bits per heavy atom. The largest absolute Gasteiger partial charge is 0.310 e. The van der Waals surface area contributed by atoms with Crippen molar-refractivity contribution in [2.45, 2.75) is 19.3 Å². The minimum absolute atomic E-state index is 0.0917. The number of rotatable bonds is 6. The van der Waals surface area contributed by atoms with E-state index in [1.54, 1.807) is 0 Å². The summed E-state index contributed by atoms with van der Waals surface area (Å²) in [4.78, 5) is 2.40. The molecule has 0 spiro atoms. The maximum atomic E-state index is 2.41. The Bertz CT molecular complexity index is 2770. The van der Waals surface area contributed by atoms with Crippen molar-refractivity contribution in [3.8, 4) is 39.1 Å². The van der Waals surface area contributed by atoms with E-state index in [4.69, 9.17) is 0 Å². The van der Waals surface area contributed by atoms with Crippen LogP contribution in [-0.2, 0) is 5.41 Å². The van der Waals surface area contributed by atoms with Gasteiger partial charge in [-0.3, -0.25) is 0 Å². The van der Waals surface area contributed by atoms with Crippen molar-refractivity contribution in [1.29, 1.82) is 0 Å². The SMILES string of the molecule is CC1(C)c2ccccc2-c2ccc(N(c3ccc(-c4ccccc4)cc3)c3ccc(-n4c5ccccc5c5cc(-c6ccccc6)ccc54)cc3)cc21. The fourth-order valence-electron chi connectivity index (χ4n) is 8.52. The molecule has 0 amide bonds. The van der Waals surface area contributed by atoms with Crippen molar-refractivity contribution in [1.82, 2.24) is 4.57 Å². The molecule has 1 aliphatic carbocycles. The zero-order valence-corrected chi connectivity index (χ0v) is 29.9. The molecule has 1 heterocycles. The van der Waals surface area contributed by atoms with Crippen LogP contribution in [0, 0.1) is 0 Å². The van der Waals surface area contributed by atoms with Gasteiger partial charge in [0.25, 0.3) is 0 Å². The third-order valence-corrected chi connectivity index (χ3v) is 11.2. The van der Waals surface area contributed by atoms with Crippen LogP contribution in [0.15, 0.2) is 194 Å². The summed E-state index contributed by atoms with van der Waals surface area (Å²) in [5, 5.41) is 2.51.